The number of benzene rings is 1. The van der Waals surface area contributed by atoms with Gasteiger partial charge in [-0.1, -0.05) is 6.07 Å². The summed E-state index contributed by atoms with van der Waals surface area (Å²) in [7, 11) is 1.83. The highest BCUT2D eigenvalue weighted by Crippen LogP contribution is 2.22. The number of rotatable bonds is 4. The van der Waals surface area contributed by atoms with Crippen molar-refractivity contribution >= 4 is 11.6 Å². The van der Waals surface area contributed by atoms with E-state index in [0.717, 1.165) is 22.9 Å². The second-order valence-electron chi connectivity index (χ2n) is 6.60. The fourth-order valence-corrected chi connectivity index (χ4v) is 3.24. The van der Waals surface area contributed by atoms with Gasteiger partial charge in [0, 0.05) is 24.1 Å². The molecule has 9 nitrogen and oxygen atoms in total. The van der Waals surface area contributed by atoms with Gasteiger partial charge >= 0.3 is 0 Å². The highest BCUT2D eigenvalue weighted by Gasteiger charge is 2.20. The zero-order valence-electron chi connectivity index (χ0n) is 16.1. The number of amides is 1. The largest absolute Gasteiger partial charge is 0.322 e. The van der Waals surface area contributed by atoms with E-state index in [1.165, 1.54) is 0 Å². The molecule has 4 rings (SSSR count). The van der Waals surface area contributed by atoms with Gasteiger partial charge < -0.3 is 9.88 Å². The van der Waals surface area contributed by atoms with Crippen LogP contribution >= 0.6 is 0 Å². The maximum absolute atomic E-state index is 13.0. The van der Waals surface area contributed by atoms with E-state index in [1.54, 1.807) is 15.6 Å². The first kappa shape index (κ1) is 17.7. The number of carbonyl (C=O) groups excluding carboxylic acids is 1. The lowest BCUT2D eigenvalue weighted by Crippen LogP contribution is -2.16. The molecule has 1 N–H and O–H groups in total. The van der Waals surface area contributed by atoms with Crippen LogP contribution in [0.3, 0.4) is 0 Å². The van der Waals surface area contributed by atoms with Crippen molar-refractivity contribution in [3.8, 4) is 11.5 Å². The number of nitrogens with one attached hydrogen (secondary N) is 1. The molecule has 1 aromatic carbocycles. The molecule has 0 unspecified atom stereocenters. The van der Waals surface area contributed by atoms with E-state index in [4.69, 9.17) is 0 Å². The van der Waals surface area contributed by atoms with Crippen LogP contribution in [0.1, 0.15) is 27.6 Å². The Morgan fingerprint density at radius 3 is 2.50 bits per heavy atom. The van der Waals surface area contributed by atoms with Crippen LogP contribution < -0.4 is 5.32 Å². The summed E-state index contributed by atoms with van der Waals surface area (Å²) < 4.78 is 5.33. The average molecular weight is 376 g/mol. The fourth-order valence-electron chi connectivity index (χ4n) is 3.24. The SMILES string of the molecule is Cc1nnnn1-c1cccc(NC(=O)c2cnn(C)c2-n2c(C)ccc2C)c1. The van der Waals surface area contributed by atoms with Crippen LogP contribution in [0.25, 0.3) is 11.5 Å². The van der Waals surface area contributed by atoms with Gasteiger partial charge in [-0.05, 0) is 61.5 Å². The van der Waals surface area contributed by atoms with Crippen molar-refractivity contribution in [3.63, 3.8) is 0 Å². The molecule has 0 saturated heterocycles. The molecular weight excluding hydrogens is 356 g/mol. The van der Waals surface area contributed by atoms with E-state index in [9.17, 15) is 4.79 Å². The maximum Gasteiger partial charge on any atom is 0.261 e. The Morgan fingerprint density at radius 1 is 1.07 bits per heavy atom. The molecule has 0 atom stereocenters. The Balaban J connectivity index is 1.67. The van der Waals surface area contributed by atoms with Gasteiger partial charge in [0.05, 0.1) is 11.9 Å². The molecule has 0 bridgehead atoms. The third kappa shape index (κ3) is 2.96. The van der Waals surface area contributed by atoms with E-state index < -0.39 is 0 Å². The molecular formula is C19H20N8O. The zero-order chi connectivity index (χ0) is 19.8. The first-order valence-electron chi connectivity index (χ1n) is 8.80. The quantitative estimate of drug-likeness (QED) is 0.590. The molecule has 9 heteroatoms. The summed E-state index contributed by atoms with van der Waals surface area (Å²) in [5, 5.41) is 18.7. The van der Waals surface area contributed by atoms with Crippen molar-refractivity contribution in [1.82, 2.24) is 34.6 Å². The predicted octanol–water partition coefficient (Wildman–Crippen LogP) is 2.36. The van der Waals surface area contributed by atoms with Crippen LogP contribution in [-0.2, 0) is 7.05 Å². The molecule has 0 aliphatic heterocycles. The number of carbonyl (C=O) groups is 1. The maximum atomic E-state index is 13.0. The summed E-state index contributed by atoms with van der Waals surface area (Å²) in [6.07, 6.45) is 1.58. The Hall–Kier alpha value is -3.75. The molecule has 0 saturated carbocycles. The second-order valence-corrected chi connectivity index (χ2v) is 6.60. The van der Waals surface area contributed by atoms with Gasteiger partial charge in [-0.25, -0.2) is 0 Å². The normalized spacial score (nSPS) is 11.0. The molecule has 28 heavy (non-hydrogen) atoms. The summed E-state index contributed by atoms with van der Waals surface area (Å²) in [6, 6.07) is 11.4. The number of anilines is 1. The lowest BCUT2D eigenvalue weighted by Gasteiger charge is -2.13. The van der Waals surface area contributed by atoms with Gasteiger partial charge in [-0.3, -0.25) is 9.48 Å². The number of tetrazole rings is 1. The van der Waals surface area contributed by atoms with Gasteiger partial charge in [-0.15, -0.1) is 5.10 Å². The number of nitrogens with zero attached hydrogens (tertiary/aromatic N) is 7. The van der Waals surface area contributed by atoms with E-state index in [2.05, 4.69) is 25.9 Å². The van der Waals surface area contributed by atoms with Gasteiger partial charge in [-0.2, -0.15) is 9.78 Å². The van der Waals surface area contributed by atoms with Crippen LogP contribution in [0.4, 0.5) is 5.69 Å². The summed E-state index contributed by atoms with van der Waals surface area (Å²) in [5.74, 6) is 1.16. The molecule has 0 aliphatic carbocycles. The second kappa shape index (κ2) is 6.76. The van der Waals surface area contributed by atoms with E-state index >= 15 is 0 Å². The highest BCUT2D eigenvalue weighted by molar-refractivity contribution is 6.06. The Kier molecular flexibility index (Phi) is 4.26. The van der Waals surface area contributed by atoms with E-state index in [1.807, 2.05) is 68.8 Å². The van der Waals surface area contributed by atoms with Crippen LogP contribution in [0.2, 0.25) is 0 Å². The third-order valence-electron chi connectivity index (χ3n) is 4.61. The van der Waals surface area contributed by atoms with Crippen molar-refractivity contribution < 1.29 is 4.79 Å². The van der Waals surface area contributed by atoms with E-state index in [-0.39, 0.29) is 5.91 Å². The van der Waals surface area contributed by atoms with Crippen molar-refractivity contribution in [2.24, 2.45) is 7.05 Å². The molecule has 142 valence electrons. The molecule has 0 aliphatic rings. The topological polar surface area (TPSA) is 95.5 Å². The first-order valence-corrected chi connectivity index (χ1v) is 8.80. The molecule has 0 fully saturated rings. The highest BCUT2D eigenvalue weighted by atomic mass is 16.1. The summed E-state index contributed by atoms with van der Waals surface area (Å²) in [5.41, 5.74) is 3.98. The Morgan fingerprint density at radius 2 is 1.82 bits per heavy atom. The molecule has 1 amide bonds. The Bertz CT molecular complexity index is 1150. The van der Waals surface area contributed by atoms with Crippen LogP contribution in [0, 0.1) is 20.8 Å². The van der Waals surface area contributed by atoms with Crippen LogP contribution in [-0.4, -0.2) is 40.5 Å². The molecule has 4 aromatic rings. The van der Waals surface area contributed by atoms with Crippen molar-refractivity contribution in [3.05, 3.63) is 65.4 Å². The smallest absolute Gasteiger partial charge is 0.261 e. The fraction of sp³-hybridized carbons (Fsp3) is 0.211. The number of aryl methyl sites for hydroxylation is 4. The van der Waals surface area contributed by atoms with Gasteiger partial charge in [0.2, 0.25) is 0 Å². The lowest BCUT2D eigenvalue weighted by atomic mass is 10.2. The molecule has 0 radical (unpaired) electrons. The van der Waals surface area contributed by atoms with Crippen molar-refractivity contribution in [2.75, 3.05) is 5.32 Å². The minimum atomic E-state index is -0.235. The van der Waals surface area contributed by atoms with E-state index in [0.29, 0.717) is 17.1 Å². The van der Waals surface area contributed by atoms with Crippen LogP contribution in [0.15, 0.2) is 42.6 Å². The first-order chi connectivity index (χ1) is 13.5. The average Bonchev–Trinajstić information content (AvgIpc) is 3.35. The van der Waals surface area contributed by atoms with Crippen molar-refractivity contribution in [1.29, 1.82) is 0 Å². The number of hydrogen-bond donors (Lipinski definition) is 1. The van der Waals surface area contributed by atoms with Crippen molar-refractivity contribution in [2.45, 2.75) is 20.8 Å². The van der Waals surface area contributed by atoms with Gasteiger partial charge in [0.15, 0.2) is 5.82 Å². The summed E-state index contributed by atoms with van der Waals surface area (Å²) >= 11 is 0. The summed E-state index contributed by atoms with van der Waals surface area (Å²) in [4.78, 5) is 13.0. The summed E-state index contributed by atoms with van der Waals surface area (Å²) in [6.45, 7) is 5.81. The van der Waals surface area contributed by atoms with Gasteiger partial charge in [0.25, 0.3) is 5.91 Å². The molecule has 3 aromatic heterocycles. The lowest BCUT2D eigenvalue weighted by molar-refractivity contribution is 0.102. The minimum absolute atomic E-state index is 0.235. The molecule has 0 spiro atoms. The number of aromatic nitrogens is 7. The zero-order valence-corrected chi connectivity index (χ0v) is 16.1. The number of hydrogen-bond acceptors (Lipinski definition) is 5. The van der Waals surface area contributed by atoms with Crippen LogP contribution in [0.5, 0.6) is 0 Å². The monoisotopic (exact) mass is 376 g/mol. The Labute approximate surface area is 161 Å². The minimum Gasteiger partial charge on any atom is -0.322 e. The van der Waals surface area contributed by atoms with Gasteiger partial charge in [0.1, 0.15) is 11.4 Å². The molecule has 3 heterocycles. The predicted molar refractivity (Wildman–Crippen MR) is 104 cm³/mol. The standard InChI is InChI=1S/C19H20N8O/c1-12-8-9-13(2)26(12)19-17(11-20-25(19)4)18(28)21-15-6-5-7-16(10-15)27-14(3)22-23-24-27/h5-11H,1-4H3,(H,21,28). The third-order valence-corrected chi connectivity index (χ3v) is 4.61.